The molecular formula is C59H95NO18. The normalized spacial score (nSPS) is 31.3. The molecule has 0 spiro atoms. The lowest BCUT2D eigenvalue weighted by atomic mass is 9.96. The zero-order valence-electron chi connectivity index (χ0n) is 45.8. The highest BCUT2D eigenvalue weighted by atomic mass is 16.8. The molecule has 0 bridgehead atoms. The Balaban J connectivity index is 1.57. The maximum Gasteiger partial charge on any atom is 0.220 e. The van der Waals surface area contributed by atoms with Crippen LogP contribution in [0.2, 0.25) is 0 Å². The number of aliphatic hydroxyl groups is 11. The number of unbranched alkanes of at least 4 members (excludes halogenated alkanes) is 6. The molecule has 444 valence electrons. The van der Waals surface area contributed by atoms with Gasteiger partial charge in [-0.2, -0.15) is 0 Å². The molecule has 0 radical (unpaired) electrons. The Kier molecular flexibility index (Phi) is 36.5. The molecule has 3 heterocycles. The Labute approximate surface area is 462 Å². The summed E-state index contributed by atoms with van der Waals surface area (Å²) in [5.41, 5.74) is 0. The third kappa shape index (κ3) is 25.5. The number of allylic oxidation sites excluding steroid dienone is 17. The van der Waals surface area contributed by atoms with Crippen LogP contribution in [0.3, 0.4) is 0 Å². The molecule has 19 heteroatoms. The number of carbonyl (C=O) groups is 1. The second-order valence-corrected chi connectivity index (χ2v) is 19.6. The number of aliphatic hydroxyl groups excluding tert-OH is 11. The van der Waals surface area contributed by atoms with Gasteiger partial charge in [-0.3, -0.25) is 4.79 Å². The van der Waals surface area contributed by atoms with Gasteiger partial charge >= 0.3 is 0 Å². The molecule has 0 aromatic carbocycles. The highest BCUT2D eigenvalue weighted by Crippen LogP contribution is 2.33. The van der Waals surface area contributed by atoms with Gasteiger partial charge in [-0.15, -0.1) is 0 Å². The number of carbonyl (C=O) groups excluding carboxylic acids is 1. The van der Waals surface area contributed by atoms with E-state index in [1.807, 2.05) is 12.2 Å². The van der Waals surface area contributed by atoms with Gasteiger partial charge in [0.25, 0.3) is 0 Å². The summed E-state index contributed by atoms with van der Waals surface area (Å²) < 4.78 is 34.1. The molecule has 3 saturated heterocycles. The minimum Gasteiger partial charge on any atom is -0.394 e. The predicted molar refractivity (Wildman–Crippen MR) is 295 cm³/mol. The summed E-state index contributed by atoms with van der Waals surface area (Å²) >= 11 is 0. The standard InChI is InChI=1S/C59H95NO18/c1-3-5-7-9-11-13-15-17-19-20-21-22-23-25-27-29-31-33-35-37-47(65)60-42(43(64)36-34-32-30-28-26-24-18-16-14-12-10-8-6-4-2)41-73-57-53(71)50(68)55(45(39-62)75-57)78-59-54(72)51(69)56(46(40-63)76-59)77-58-52(70)49(67)48(66)44(38-61)74-58/h5,7,11,13-14,16-17,19,21-22,25-28,31,33-34,36,42-46,48-59,61-64,66-72H,3-4,6,8-10,12,15,18,20,23-24,29-30,32,35,37-41H2,1-2H3,(H,60,65)/b7-5-,13-11-,16-14+,19-17-,22-21-,27-25-,28-26+,33-31-,36-34+. The minimum atomic E-state index is -1.99. The Morgan fingerprint density at radius 2 is 0.897 bits per heavy atom. The number of rotatable bonds is 38. The first-order valence-electron chi connectivity index (χ1n) is 28.1. The van der Waals surface area contributed by atoms with Crippen molar-refractivity contribution in [2.24, 2.45) is 0 Å². The summed E-state index contributed by atoms with van der Waals surface area (Å²) in [6, 6.07) is -1.04. The molecule has 3 rings (SSSR count). The highest BCUT2D eigenvalue weighted by molar-refractivity contribution is 5.76. The van der Waals surface area contributed by atoms with E-state index in [1.54, 1.807) is 12.2 Å². The average Bonchev–Trinajstić information content (AvgIpc) is 3.45. The Bertz CT molecular complexity index is 1850. The predicted octanol–water partition coefficient (Wildman–Crippen LogP) is 3.97. The summed E-state index contributed by atoms with van der Waals surface area (Å²) in [6.45, 7) is 1.45. The molecule has 0 saturated carbocycles. The lowest BCUT2D eigenvalue weighted by Crippen LogP contribution is -2.66. The van der Waals surface area contributed by atoms with Crippen molar-refractivity contribution in [1.82, 2.24) is 5.32 Å². The van der Waals surface area contributed by atoms with Crippen LogP contribution in [-0.4, -0.2) is 193 Å². The zero-order valence-corrected chi connectivity index (χ0v) is 45.8. The van der Waals surface area contributed by atoms with Crippen LogP contribution < -0.4 is 5.32 Å². The van der Waals surface area contributed by atoms with Crippen LogP contribution in [0.15, 0.2) is 109 Å². The first kappa shape index (κ1) is 68.7. The fraction of sp³-hybridized carbons (Fsp3) is 0.678. The molecular weight excluding hydrogens is 1010 g/mol. The van der Waals surface area contributed by atoms with E-state index in [9.17, 15) is 61.0 Å². The van der Waals surface area contributed by atoms with E-state index in [0.29, 0.717) is 19.3 Å². The van der Waals surface area contributed by atoms with Gasteiger partial charge in [-0.1, -0.05) is 142 Å². The van der Waals surface area contributed by atoms with Crippen molar-refractivity contribution in [1.29, 1.82) is 0 Å². The molecule has 78 heavy (non-hydrogen) atoms. The van der Waals surface area contributed by atoms with E-state index in [2.05, 4.69) is 104 Å². The van der Waals surface area contributed by atoms with Gasteiger partial charge in [-0.05, 0) is 83.5 Å². The third-order valence-electron chi connectivity index (χ3n) is 13.3. The van der Waals surface area contributed by atoms with Crippen molar-refractivity contribution in [2.45, 2.75) is 227 Å². The van der Waals surface area contributed by atoms with Gasteiger partial charge in [0.2, 0.25) is 5.91 Å². The lowest BCUT2D eigenvalue weighted by molar-refractivity contribution is -0.379. The van der Waals surface area contributed by atoms with Gasteiger partial charge in [0.05, 0.1) is 38.6 Å². The molecule has 0 aromatic heterocycles. The number of hydrogen-bond donors (Lipinski definition) is 12. The molecule has 1 amide bonds. The van der Waals surface area contributed by atoms with Crippen LogP contribution in [0.25, 0.3) is 0 Å². The third-order valence-corrected chi connectivity index (χ3v) is 13.3. The van der Waals surface area contributed by atoms with Crippen LogP contribution in [0.4, 0.5) is 0 Å². The first-order valence-corrected chi connectivity index (χ1v) is 28.1. The Hall–Kier alpha value is -3.55. The maximum absolute atomic E-state index is 13.2. The lowest BCUT2D eigenvalue weighted by Gasteiger charge is -2.48. The highest BCUT2D eigenvalue weighted by Gasteiger charge is 2.53. The molecule has 3 aliphatic rings. The van der Waals surface area contributed by atoms with Crippen LogP contribution in [0.5, 0.6) is 0 Å². The maximum atomic E-state index is 13.2. The monoisotopic (exact) mass is 1110 g/mol. The van der Waals surface area contributed by atoms with Crippen molar-refractivity contribution in [2.75, 3.05) is 26.4 Å². The van der Waals surface area contributed by atoms with Gasteiger partial charge in [0, 0.05) is 6.42 Å². The van der Waals surface area contributed by atoms with Crippen molar-refractivity contribution in [3.63, 3.8) is 0 Å². The SMILES string of the molecule is CC/C=C\C/C=C\C/C=C\C/C=C\C/C=C\C/C=C\CCC(=O)NC(COC1OC(CO)C(OC2OC(CO)C(OC3OC(CO)C(O)C(O)C3O)C(O)C2O)C(O)C1O)C(O)/C=C/CC/C=C/CC/C=C/CCCCCC. The fourth-order valence-corrected chi connectivity index (χ4v) is 8.65. The van der Waals surface area contributed by atoms with Crippen molar-refractivity contribution < 1.29 is 89.4 Å². The summed E-state index contributed by atoms with van der Waals surface area (Å²) in [4.78, 5) is 13.2. The fourth-order valence-electron chi connectivity index (χ4n) is 8.65. The molecule has 19 nitrogen and oxygen atoms in total. The molecule has 3 aliphatic heterocycles. The summed E-state index contributed by atoms with van der Waals surface area (Å²) in [7, 11) is 0. The number of amides is 1. The number of ether oxygens (including phenoxy) is 6. The Morgan fingerprint density at radius 3 is 1.40 bits per heavy atom. The van der Waals surface area contributed by atoms with E-state index < -0.39 is 131 Å². The van der Waals surface area contributed by atoms with Gasteiger partial charge < -0.3 is 89.9 Å². The second kappa shape index (κ2) is 41.4. The van der Waals surface area contributed by atoms with E-state index in [1.165, 1.54) is 25.7 Å². The summed E-state index contributed by atoms with van der Waals surface area (Å²) in [6.07, 6.45) is 25.2. The second-order valence-electron chi connectivity index (χ2n) is 19.6. The van der Waals surface area contributed by atoms with Gasteiger partial charge in [-0.25, -0.2) is 0 Å². The van der Waals surface area contributed by atoms with Crippen molar-refractivity contribution in [3.8, 4) is 0 Å². The van der Waals surface area contributed by atoms with Crippen molar-refractivity contribution >= 4 is 5.91 Å². The van der Waals surface area contributed by atoms with E-state index in [0.717, 1.165) is 57.8 Å². The van der Waals surface area contributed by atoms with Crippen molar-refractivity contribution in [3.05, 3.63) is 109 Å². The minimum absolute atomic E-state index is 0.0996. The van der Waals surface area contributed by atoms with Gasteiger partial charge in [0.1, 0.15) is 73.2 Å². The molecule has 12 N–H and O–H groups in total. The molecule has 0 aliphatic carbocycles. The molecule has 17 atom stereocenters. The number of nitrogens with one attached hydrogen (secondary N) is 1. The Morgan fingerprint density at radius 1 is 0.474 bits per heavy atom. The van der Waals surface area contributed by atoms with E-state index in [4.69, 9.17) is 28.4 Å². The quantitative estimate of drug-likeness (QED) is 0.0307. The van der Waals surface area contributed by atoms with Crippen LogP contribution in [-0.2, 0) is 33.2 Å². The topological polar surface area (TPSA) is 307 Å². The molecule has 0 aromatic rings. The zero-order chi connectivity index (χ0) is 56.9. The van der Waals surface area contributed by atoms with Crippen LogP contribution in [0, 0.1) is 0 Å². The summed E-state index contributed by atoms with van der Waals surface area (Å²) in [5.74, 6) is -0.379. The average molecular weight is 1110 g/mol. The van der Waals surface area contributed by atoms with Gasteiger partial charge in [0.15, 0.2) is 18.9 Å². The largest absolute Gasteiger partial charge is 0.394 e. The van der Waals surface area contributed by atoms with Crippen LogP contribution in [0.1, 0.15) is 123 Å². The molecule has 3 fully saturated rings. The summed E-state index contributed by atoms with van der Waals surface area (Å²) in [5, 5.41) is 120. The molecule has 17 unspecified atom stereocenters. The first-order chi connectivity index (χ1) is 37.8. The van der Waals surface area contributed by atoms with E-state index in [-0.39, 0.29) is 12.3 Å². The number of hydrogen-bond acceptors (Lipinski definition) is 18. The smallest absolute Gasteiger partial charge is 0.220 e. The van der Waals surface area contributed by atoms with Crippen LogP contribution >= 0.6 is 0 Å². The van der Waals surface area contributed by atoms with E-state index >= 15 is 0 Å².